The topological polar surface area (TPSA) is 54.4 Å². The van der Waals surface area contributed by atoms with Crippen molar-refractivity contribution in [3.8, 4) is 0 Å². The number of carbonyl (C=O) groups is 1. The van der Waals surface area contributed by atoms with E-state index in [1.165, 1.54) is 6.07 Å². The Morgan fingerprint density at radius 3 is 2.73 bits per heavy atom. The van der Waals surface area contributed by atoms with Crippen LogP contribution in [-0.2, 0) is 10.8 Å². The molecule has 3 nitrogen and oxygen atoms in total. The van der Waals surface area contributed by atoms with Gasteiger partial charge < -0.3 is 5.11 Å². The van der Waals surface area contributed by atoms with Crippen molar-refractivity contribution in [2.75, 3.05) is 5.75 Å². The number of carboxylic acid groups (broad SMARTS) is 1. The average Bonchev–Trinajstić information content (AvgIpc) is 2.18. The highest BCUT2D eigenvalue weighted by molar-refractivity contribution is 7.85. The number of carboxylic acids is 1. The molecule has 0 radical (unpaired) electrons. The molecule has 0 fully saturated rings. The number of halogens is 1. The third kappa shape index (κ3) is 2.86. The van der Waals surface area contributed by atoms with Gasteiger partial charge in [-0.25, -0.2) is 9.18 Å². The summed E-state index contributed by atoms with van der Waals surface area (Å²) in [4.78, 5) is 11.0. The molecule has 0 amide bonds. The molecule has 0 aromatic heterocycles. The zero-order valence-corrected chi connectivity index (χ0v) is 9.01. The van der Waals surface area contributed by atoms with Crippen LogP contribution in [0, 0.1) is 5.82 Å². The molecule has 1 unspecified atom stereocenters. The lowest BCUT2D eigenvalue weighted by atomic mass is 10.2. The standard InChI is InChI=1S/C10H11FO3S/c1-2-5-15(14)7-3-4-9(11)8(6-7)10(12)13/h3-4,6H,2,5H2,1H3,(H,12,13). The molecular weight excluding hydrogens is 219 g/mol. The quantitative estimate of drug-likeness (QED) is 0.861. The van der Waals surface area contributed by atoms with Crippen molar-refractivity contribution in [2.45, 2.75) is 18.2 Å². The van der Waals surface area contributed by atoms with Crippen LogP contribution < -0.4 is 0 Å². The smallest absolute Gasteiger partial charge is 0.338 e. The fourth-order valence-corrected chi connectivity index (χ4v) is 2.19. The van der Waals surface area contributed by atoms with E-state index in [1.807, 2.05) is 6.92 Å². The van der Waals surface area contributed by atoms with Gasteiger partial charge in [-0.1, -0.05) is 6.92 Å². The molecule has 0 aliphatic heterocycles. The molecule has 0 spiro atoms. The molecule has 0 saturated carbocycles. The number of aromatic carboxylic acids is 1. The minimum Gasteiger partial charge on any atom is -0.478 e. The van der Waals surface area contributed by atoms with Gasteiger partial charge in [-0.2, -0.15) is 0 Å². The highest BCUT2D eigenvalue weighted by Crippen LogP contribution is 2.14. The Hall–Kier alpha value is -1.23. The Morgan fingerprint density at radius 1 is 1.53 bits per heavy atom. The van der Waals surface area contributed by atoms with Crippen molar-refractivity contribution >= 4 is 16.8 Å². The maximum absolute atomic E-state index is 13.0. The van der Waals surface area contributed by atoms with E-state index in [4.69, 9.17) is 5.11 Å². The van der Waals surface area contributed by atoms with Crippen molar-refractivity contribution < 1.29 is 18.5 Å². The molecule has 1 atom stereocenters. The van der Waals surface area contributed by atoms with Crippen LogP contribution in [0.4, 0.5) is 4.39 Å². The lowest BCUT2D eigenvalue weighted by molar-refractivity contribution is 0.0691. The van der Waals surface area contributed by atoms with Gasteiger partial charge in [-0.05, 0) is 24.6 Å². The second-order valence-corrected chi connectivity index (χ2v) is 4.57. The molecule has 0 aliphatic rings. The van der Waals surface area contributed by atoms with E-state index < -0.39 is 28.1 Å². The lowest BCUT2D eigenvalue weighted by Gasteiger charge is -2.02. The van der Waals surface area contributed by atoms with Crippen LogP contribution in [0.3, 0.4) is 0 Å². The van der Waals surface area contributed by atoms with Crippen molar-refractivity contribution in [1.29, 1.82) is 0 Å². The van der Waals surface area contributed by atoms with Crippen LogP contribution >= 0.6 is 0 Å². The maximum atomic E-state index is 13.0. The third-order valence-electron chi connectivity index (χ3n) is 1.82. The minimum atomic E-state index is -1.34. The summed E-state index contributed by atoms with van der Waals surface area (Å²) in [6.07, 6.45) is 0.729. The first-order valence-corrected chi connectivity index (χ1v) is 5.79. The number of hydrogen-bond acceptors (Lipinski definition) is 2. The van der Waals surface area contributed by atoms with E-state index in [9.17, 15) is 13.4 Å². The largest absolute Gasteiger partial charge is 0.478 e. The monoisotopic (exact) mass is 230 g/mol. The van der Waals surface area contributed by atoms with Crippen molar-refractivity contribution in [3.05, 3.63) is 29.6 Å². The van der Waals surface area contributed by atoms with E-state index in [0.29, 0.717) is 10.6 Å². The summed E-state index contributed by atoms with van der Waals surface area (Å²) in [6.45, 7) is 1.87. The summed E-state index contributed by atoms with van der Waals surface area (Å²) in [6, 6.07) is 3.52. The second-order valence-electron chi connectivity index (χ2n) is 3.00. The van der Waals surface area contributed by atoms with E-state index in [1.54, 1.807) is 0 Å². The van der Waals surface area contributed by atoms with Crippen LogP contribution in [0.2, 0.25) is 0 Å². The summed E-state index contributed by atoms with van der Waals surface area (Å²) in [5.41, 5.74) is -0.433. The molecule has 1 aromatic rings. The fraction of sp³-hybridized carbons (Fsp3) is 0.300. The van der Waals surface area contributed by atoms with E-state index in [2.05, 4.69) is 0 Å². The van der Waals surface area contributed by atoms with E-state index >= 15 is 0 Å². The van der Waals surface area contributed by atoms with Crippen molar-refractivity contribution in [3.63, 3.8) is 0 Å². The molecular formula is C10H11FO3S. The predicted octanol–water partition coefficient (Wildman–Crippen LogP) is 2.04. The molecule has 0 saturated heterocycles. The van der Waals surface area contributed by atoms with Gasteiger partial charge in [-0.3, -0.25) is 4.21 Å². The summed E-state index contributed by atoms with van der Waals surface area (Å²) < 4.78 is 24.5. The SMILES string of the molecule is CCCS(=O)c1ccc(F)c(C(=O)O)c1. The normalized spacial score (nSPS) is 12.4. The molecule has 1 rings (SSSR count). The molecule has 5 heteroatoms. The van der Waals surface area contributed by atoms with E-state index in [-0.39, 0.29) is 0 Å². The molecule has 0 heterocycles. The number of benzene rings is 1. The Balaban J connectivity index is 3.07. The second kappa shape index (κ2) is 5.02. The molecule has 1 N–H and O–H groups in total. The molecule has 0 aliphatic carbocycles. The van der Waals surface area contributed by atoms with Crippen LogP contribution in [0.1, 0.15) is 23.7 Å². The zero-order valence-electron chi connectivity index (χ0n) is 8.20. The lowest BCUT2D eigenvalue weighted by Crippen LogP contribution is -2.04. The first-order chi connectivity index (χ1) is 7.06. The minimum absolute atomic E-state index is 0.357. The Kier molecular flexibility index (Phi) is 3.96. The van der Waals surface area contributed by atoms with Crippen LogP contribution in [0.25, 0.3) is 0 Å². The number of rotatable bonds is 4. The molecule has 82 valence electrons. The highest BCUT2D eigenvalue weighted by atomic mass is 32.2. The Labute approximate surface area is 89.4 Å². The zero-order chi connectivity index (χ0) is 11.4. The fourth-order valence-electron chi connectivity index (χ4n) is 1.11. The van der Waals surface area contributed by atoms with Gasteiger partial charge in [0.15, 0.2) is 0 Å². The molecule has 15 heavy (non-hydrogen) atoms. The molecule has 1 aromatic carbocycles. The van der Waals surface area contributed by atoms with Crippen molar-refractivity contribution in [1.82, 2.24) is 0 Å². The highest BCUT2D eigenvalue weighted by Gasteiger charge is 2.13. The van der Waals surface area contributed by atoms with Gasteiger partial charge >= 0.3 is 5.97 Å². The maximum Gasteiger partial charge on any atom is 0.338 e. The third-order valence-corrected chi connectivity index (χ3v) is 3.38. The first kappa shape index (κ1) is 11.8. The van der Waals surface area contributed by atoms with E-state index in [0.717, 1.165) is 18.6 Å². The summed E-state index contributed by atoms with van der Waals surface area (Å²) in [5.74, 6) is -1.70. The summed E-state index contributed by atoms with van der Waals surface area (Å²) >= 11 is 0. The van der Waals surface area contributed by atoms with Crippen LogP contribution in [0.15, 0.2) is 23.1 Å². The summed E-state index contributed by atoms with van der Waals surface area (Å²) in [7, 11) is -1.25. The Morgan fingerprint density at radius 2 is 2.20 bits per heavy atom. The average molecular weight is 230 g/mol. The van der Waals surface area contributed by atoms with Crippen molar-refractivity contribution in [2.24, 2.45) is 0 Å². The van der Waals surface area contributed by atoms with Gasteiger partial charge in [0.05, 0.1) is 16.4 Å². The van der Waals surface area contributed by atoms with Gasteiger partial charge in [0.2, 0.25) is 0 Å². The van der Waals surface area contributed by atoms with Crippen LogP contribution in [0.5, 0.6) is 0 Å². The molecule has 0 bridgehead atoms. The van der Waals surface area contributed by atoms with Gasteiger partial charge in [0.1, 0.15) is 5.82 Å². The van der Waals surface area contributed by atoms with Crippen LogP contribution in [-0.4, -0.2) is 21.0 Å². The van der Waals surface area contributed by atoms with Gasteiger partial charge in [-0.15, -0.1) is 0 Å². The first-order valence-electron chi connectivity index (χ1n) is 4.47. The number of hydrogen-bond donors (Lipinski definition) is 1. The van der Waals surface area contributed by atoms with Gasteiger partial charge in [0.25, 0.3) is 0 Å². The Bertz CT molecular complexity index is 404. The van der Waals surface area contributed by atoms with Gasteiger partial charge in [0, 0.05) is 10.6 Å². The predicted molar refractivity (Wildman–Crippen MR) is 54.9 cm³/mol. The summed E-state index contributed by atoms with van der Waals surface area (Å²) in [5, 5.41) is 8.66.